The topological polar surface area (TPSA) is 51.2 Å². The van der Waals surface area contributed by atoms with Gasteiger partial charge in [-0.05, 0) is 59.4 Å². The van der Waals surface area contributed by atoms with Crippen molar-refractivity contribution in [1.29, 1.82) is 0 Å². The van der Waals surface area contributed by atoms with Gasteiger partial charge in [0.2, 0.25) is 0 Å². The monoisotopic (exact) mass is 482 g/mol. The van der Waals surface area contributed by atoms with Crippen LogP contribution in [0.3, 0.4) is 0 Å². The number of Topliss-reactive ketones (excluding diaryl/α,β-unsaturated/α-hetero) is 1. The van der Waals surface area contributed by atoms with Gasteiger partial charge in [-0.2, -0.15) is 0 Å². The van der Waals surface area contributed by atoms with E-state index in [4.69, 9.17) is 34.8 Å². The van der Waals surface area contributed by atoms with Crippen LogP contribution in [0.4, 0.5) is 0 Å². The third-order valence-electron chi connectivity index (χ3n) is 5.22. The van der Waals surface area contributed by atoms with Gasteiger partial charge >= 0.3 is 0 Å². The third-order valence-corrected chi connectivity index (χ3v) is 8.82. The highest BCUT2D eigenvalue weighted by Gasteiger charge is 2.29. The lowest BCUT2D eigenvalue weighted by atomic mass is 9.96. The van der Waals surface area contributed by atoms with Crippen LogP contribution in [0.1, 0.15) is 18.9 Å². The highest BCUT2D eigenvalue weighted by Crippen LogP contribution is 2.35. The van der Waals surface area contributed by atoms with Crippen LogP contribution in [-0.4, -0.2) is 21.4 Å². The van der Waals surface area contributed by atoms with Gasteiger partial charge in [0.25, 0.3) is 0 Å². The molecule has 2 aromatic carbocycles. The van der Waals surface area contributed by atoms with Crippen LogP contribution < -0.4 is 0 Å². The summed E-state index contributed by atoms with van der Waals surface area (Å²) in [4.78, 5) is 24.7. The predicted octanol–water partition coefficient (Wildman–Crippen LogP) is 5.92. The van der Waals surface area contributed by atoms with E-state index in [0.29, 0.717) is 11.2 Å². The maximum Gasteiger partial charge on any atom is 0.187 e. The second-order valence-corrected chi connectivity index (χ2v) is 11.1. The second-order valence-electron chi connectivity index (χ2n) is 7.30. The molecule has 158 valence electrons. The van der Waals surface area contributed by atoms with E-state index in [1.54, 1.807) is 12.1 Å². The SMILES string of the molecule is CC1=CC(C(=O)C[SH](=O)(C=O)c2c(Cl)cccc2Cl)=CC1CCc1ccccc1Cl. The summed E-state index contributed by atoms with van der Waals surface area (Å²) in [6.45, 7) is 1.96. The number of ketones is 1. The van der Waals surface area contributed by atoms with Crippen molar-refractivity contribution in [2.45, 2.75) is 24.7 Å². The molecule has 3 nitrogen and oxygen atoms in total. The summed E-state index contributed by atoms with van der Waals surface area (Å²) in [5.74, 6) is -0.715. The number of benzene rings is 2. The number of carbonyl (C=O) groups is 2. The molecule has 0 N–H and O–H groups in total. The first-order valence-electron chi connectivity index (χ1n) is 9.41. The van der Waals surface area contributed by atoms with Gasteiger partial charge in [0, 0.05) is 10.6 Å². The lowest BCUT2D eigenvalue weighted by Gasteiger charge is -2.19. The van der Waals surface area contributed by atoms with E-state index in [-0.39, 0.29) is 26.6 Å². The van der Waals surface area contributed by atoms with Gasteiger partial charge in [-0.25, -0.2) is 0 Å². The molecular formula is C23H21Cl3O3S. The summed E-state index contributed by atoms with van der Waals surface area (Å²) >= 11 is 18.5. The number of aryl methyl sites for hydroxylation is 1. The molecule has 0 amide bonds. The summed E-state index contributed by atoms with van der Waals surface area (Å²) in [5, 5.41) is 0.965. The molecule has 30 heavy (non-hydrogen) atoms. The molecule has 1 aliphatic carbocycles. The number of thiol groups is 1. The maximum absolute atomic E-state index is 13.3. The minimum absolute atomic E-state index is 0.0475. The average molecular weight is 484 g/mol. The van der Waals surface area contributed by atoms with Crippen LogP contribution in [0, 0.1) is 5.92 Å². The van der Waals surface area contributed by atoms with E-state index in [2.05, 4.69) is 0 Å². The lowest BCUT2D eigenvalue weighted by molar-refractivity contribution is -0.113. The Bertz CT molecular complexity index is 1080. The first-order chi connectivity index (χ1) is 14.2. The highest BCUT2D eigenvalue weighted by molar-refractivity contribution is 8.15. The van der Waals surface area contributed by atoms with E-state index >= 15 is 0 Å². The number of carbonyl (C=O) groups excluding carboxylic acids is 2. The summed E-state index contributed by atoms with van der Waals surface area (Å²) in [5.41, 5.74) is 2.88. The molecule has 1 unspecified atom stereocenters. The van der Waals surface area contributed by atoms with Crippen LogP contribution in [0.5, 0.6) is 0 Å². The molecule has 0 saturated heterocycles. The molecule has 0 aliphatic heterocycles. The lowest BCUT2D eigenvalue weighted by Crippen LogP contribution is -2.26. The van der Waals surface area contributed by atoms with E-state index < -0.39 is 15.7 Å². The smallest absolute Gasteiger partial charge is 0.187 e. The summed E-state index contributed by atoms with van der Waals surface area (Å²) < 4.78 is 13.3. The van der Waals surface area contributed by atoms with Gasteiger partial charge in [0.15, 0.2) is 11.4 Å². The standard InChI is InChI=1S/C23H21Cl3O3S/c1-15-11-18(12-17(15)10-9-16-5-2-3-6-19(16)24)22(28)13-30(29,14-27)23-20(25)7-4-8-21(23)26/h2-8,11-12,14,17,30H,9-10,13H2,1H3. The van der Waals surface area contributed by atoms with Gasteiger partial charge in [-0.3, -0.25) is 13.8 Å². The molecule has 0 saturated carbocycles. The van der Waals surface area contributed by atoms with Crippen LogP contribution in [0.15, 0.2) is 70.7 Å². The second kappa shape index (κ2) is 9.61. The van der Waals surface area contributed by atoms with Crippen LogP contribution >= 0.6 is 34.8 Å². The van der Waals surface area contributed by atoms with Gasteiger partial charge in [-0.1, -0.05) is 76.8 Å². The van der Waals surface area contributed by atoms with E-state index in [9.17, 15) is 13.8 Å². The molecule has 1 atom stereocenters. The first-order valence-corrected chi connectivity index (χ1v) is 12.5. The normalized spacial score (nSPS) is 16.7. The van der Waals surface area contributed by atoms with Crippen molar-refractivity contribution in [2.24, 2.45) is 5.92 Å². The van der Waals surface area contributed by atoms with Gasteiger partial charge in [0.1, 0.15) is 0 Å². The number of halogens is 3. The molecule has 1 aliphatic rings. The Morgan fingerprint density at radius 2 is 1.67 bits per heavy atom. The largest absolute Gasteiger partial charge is 0.293 e. The molecule has 2 aromatic rings. The molecule has 0 bridgehead atoms. The molecule has 0 radical (unpaired) electrons. The van der Waals surface area contributed by atoms with E-state index in [1.165, 1.54) is 12.1 Å². The van der Waals surface area contributed by atoms with Crippen molar-refractivity contribution in [3.05, 3.63) is 86.4 Å². The minimum atomic E-state index is -3.73. The molecule has 0 heterocycles. The average Bonchev–Trinajstić information content (AvgIpc) is 3.08. The number of hydrogen-bond donors (Lipinski definition) is 1. The minimum Gasteiger partial charge on any atom is -0.293 e. The Labute approximate surface area is 192 Å². The number of allylic oxidation sites excluding steroid dienone is 4. The fourth-order valence-corrected chi connectivity index (χ4v) is 6.88. The van der Waals surface area contributed by atoms with Crippen molar-refractivity contribution >= 4 is 56.1 Å². The Morgan fingerprint density at radius 3 is 2.30 bits per heavy atom. The molecular weight excluding hydrogens is 463 g/mol. The zero-order valence-electron chi connectivity index (χ0n) is 16.3. The highest BCUT2D eigenvalue weighted by atomic mass is 35.5. The molecule has 7 heteroatoms. The van der Waals surface area contributed by atoms with Crippen molar-refractivity contribution in [2.75, 3.05) is 5.75 Å². The van der Waals surface area contributed by atoms with Crippen LogP contribution in [0.2, 0.25) is 15.1 Å². The summed E-state index contributed by atoms with van der Waals surface area (Å²) in [6, 6.07) is 12.3. The van der Waals surface area contributed by atoms with E-state index in [0.717, 1.165) is 29.0 Å². The van der Waals surface area contributed by atoms with Gasteiger partial charge in [-0.15, -0.1) is 0 Å². The summed E-state index contributed by atoms with van der Waals surface area (Å²) in [7, 11) is -3.73. The fraction of sp³-hybridized carbons (Fsp3) is 0.217. The van der Waals surface area contributed by atoms with Crippen molar-refractivity contribution in [3.8, 4) is 0 Å². The Balaban J connectivity index is 1.76. The summed E-state index contributed by atoms with van der Waals surface area (Å²) in [6.07, 6.45) is 5.24. The molecule has 0 aromatic heterocycles. The quantitative estimate of drug-likeness (QED) is 0.375. The zero-order valence-corrected chi connectivity index (χ0v) is 19.4. The fourth-order valence-electron chi connectivity index (χ4n) is 3.57. The van der Waals surface area contributed by atoms with Crippen molar-refractivity contribution < 1.29 is 13.8 Å². The number of hydrogen-bond acceptors (Lipinski definition) is 3. The van der Waals surface area contributed by atoms with Gasteiger partial charge in [0.05, 0.1) is 20.7 Å². The maximum atomic E-state index is 13.3. The van der Waals surface area contributed by atoms with Gasteiger partial charge < -0.3 is 0 Å². The molecule has 3 rings (SSSR count). The van der Waals surface area contributed by atoms with E-state index in [1.807, 2.05) is 37.3 Å². The Hall–Kier alpha value is -1.72. The Kier molecular flexibility index (Phi) is 7.35. The van der Waals surface area contributed by atoms with Crippen LogP contribution in [-0.2, 0) is 25.9 Å². The predicted molar refractivity (Wildman–Crippen MR) is 126 cm³/mol. The molecule has 0 fully saturated rings. The zero-order chi connectivity index (χ0) is 21.9. The van der Waals surface area contributed by atoms with Crippen LogP contribution in [0.25, 0.3) is 0 Å². The molecule has 0 spiro atoms. The number of rotatable bonds is 8. The Morgan fingerprint density at radius 1 is 1.03 bits per heavy atom. The van der Waals surface area contributed by atoms with Crippen molar-refractivity contribution in [1.82, 2.24) is 0 Å². The first kappa shape index (κ1) is 23.0. The van der Waals surface area contributed by atoms with Crippen molar-refractivity contribution in [3.63, 3.8) is 0 Å². The third kappa shape index (κ3) is 4.94.